The number of hydrogen-bond acceptors (Lipinski definition) is 4. The third-order valence-electron chi connectivity index (χ3n) is 1.01. The van der Waals surface area contributed by atoms with Crippen LogP contribution in [0.15, 0.2) is 0 Å². The molecule has 0 bridgehead atoms. The summed E-state index contributed by atoms with van der Waals surface area (Å²) >= 11 is 0. The third kappa shape index (κ3) is 6.90. The molecule has 0 rings (SSSR count). The van der Waals surface area contributed by atoms with Gasteiger partial charge in [0.25, 0.3) is 6.43 Å². The standard InChI is InChI=1S/C5H9F2O6P/c1-3(8)13-4(5(6)7)2-12-14(9,10)11/h4-5H,2H2,1H3,(H2,9,10,11)/t4-/m1/s1. The van der Waals surface area contributed by atoms with Crippen LogP contribution in [0, 0.1) is 0 Å². The minimum Gasteiger partial charge on any atom is -0.454 e. The van der Waals surface area contributed by atoms with Crippen molar-refractivity contribution in [2.24, 2.45) is 0 Å². The first-order chi connectivity index (χ1) is 6.22. The number of esters is 1. The van der Waals surface area contributed by atoms with Crippen molar-refractivity contribution >= 4 is 13.8 Å². The van der Waals surface area contributed by atoms with Gasteiger partial charge in [-0.05, 0) is 0 Å². The maximum Gasteiger partial charge on any atom is 0.469 e. The summed E-state index contributed by atoms with van der Waals surface area (Å²) in [5.41, 5.74) is 0. The minimum atomic E-state index is -4.83. The van der Waals surface area contributed by atoms with Crippen LogP contribution in [0.5, 0.6) is 0 Å². The summed E-state index contributed by atoms with van der Waals surface area (Å²) in [7, 11) is -4.83. The second kappa shape index (κ2) is 5.35. The van der Waals surface area contributed by atoms with E-state index < -0.39 is 32.9 Å². The SMILES string of the molecule is CC(=O)O[C@H](COP(=O)(O)O)C(F)F. The fraction of sp³-hybridized carbons (Fsp3) is 0.800. The molecule has 2 N–H and O–H groups in total. The molecule has 0 aliphatic heterocycles. The largest absolute Gasteiger partial charge is 0.469 e. The molecule has 0 heterocycles. The molecule has 0 aliphatic rings. The number of rotatable bonds is 5. The average Bonchev–Trinajstić information content (AvgIpc) is 1.94. The Labute approximate surface area is 78.1 Å². The highest BCUT2D eigenvalue weighted by Gasteiger charge is 2.27. The number of halogens is 2. The van der Waals surface area contributed by atoms with E-state index in [0.717, 1.165) is 6.92 Å². The lowest BCUT2D eigenvalue weighted by atomic mass is 10.4. The Morgan fingerprint density at radius 3 is 2.29 bits per heavy atom. The number of phosphoric ester groups is 1. The Kier molecular flexibility index (Phi) is 5.14. The highest BCUT2D eigenvalue weighted by Crippen LogP contribution is 2.36. The van der Waals surface area contributed by atoms with E-state index in [4.69, 9.17) is 9.79 Å². The minimum absolute atomic E-state index is 0.896. The zero-order valence-electron chi connectivity index (χ0n) is 7.09. The highest BCUT2D eigenvalue weighted by molar-refractivity contribution is 7.46. The van der Waals surface area contributed by atoms with Crippen molar-refractivity contribution in [3.63, 3.8) is 0 Å². The predicted molar refractivity (Wildman–Crippen MR) is 39.6 cm³/mol. The number of carbonyl (C=O) groups is 1. The van der Waals surface area contributed by atoms with Crippen molar-refractivity contribution in [1.29, 1.82) is 0 Å². The van der Waals surface area contributed by atoms with Gasteiger partial charge in [0, 0.05) is 6.92 Å². The van der Waals surface area contributed by atoms with Gasteiger partial charge in [-0.15, -0.1) is 0 Å². The highest BCUT2D eigenvalue weighted by atomic mass is 31.2. The van der Waals surface area contributed by atoms with Crippen LogP contribution in [0.4, 0.5) is 8.78 Å². The van der Waals surface area contributed by atoms with Crippen molar-refractivity contribution in [3.8, 4) is 0 Å². The van der Waals surface area contributed by atoms with Crippen LogP contribution in [-0.4, -0.2) is 34.9 Å². The van der Waals surface area contributed by atoms with Crippen LogP contribution in [-0.2, 0) is 18.6 Å². The normalized spacial score (nSPS) is 14.1. The van der Waals surface area contributed by atoms with E-state index in [-0.39, 0.29) is 0 Å². The second-order valence-corrected chi connectivity index (χ2v) is 3.51. The van der Waals surface area contributed by atoms with Gasteiger partial charge >= 0.3 is 13.8 Å². The van der Waals surface area contributed by atoms with Gasteiger partial charge in [0.15, 0.2) is 6.10 Å². The maximum atomic E-state index is 12.0. The van der Waals surface area contributed by atoms with Gasteiger partial charge in [0.1, 0.15) is 6.61 Å². The van der Waals surface area contributed by atoms with Crippen molar-refractivity contribution in [2.45, 2.75) is 19.5 Å². The maximum absolute atomic E-state index is 12.0. The molecule has 0 amide bonds. The van der Waals surface area contributed by atoms with Gasteiger partial charge in [0.05, 0.1) is 0 Å². The summed E-state index contributed by atoms with van der Waals surface area (Å²) < 4.78 is 42.0. The van der Waals surface area contributed by atoms with Crippen LogP contribution < -0.4 is 0 Å². The van der Waals surface area contributed by atoms with Crippen molar-refractivity contribution in [1.82, 2.24) is 0 Å². The van der Waals surface area contributed by atoms with E-state index in [9.17, 15) is 18.1 Å². The van der Waals surface area contributed by atoms with Gasteiger partial charge in [-0.25, -0.2) is 13.3 Å². The first-order valence-corrected chi connectivity index (χ1v) is 4.91. The first kappa shape index (κ1) is 13.4. The topological polar surface area (TPSA) is 93.1 Å². The molecule has 14 heavy (non-hydrogen) atoms. The second-order valence-electron chi connectivity index (χ2n) is 2.27. The predicted octanol–water partition coefficient (Wildman–Crippen LogP) is 0.292. The van der Waals surface area contributed by atoms with Gasteiger partial charge in [-0.3, -0.25) is 9.32 Å². The Balaban J connectivity index is 4.11. The summed E-state index contributed by atoms with van der Waals surface area (Å²) in [6, 6.07) is 0. The lowest BCUT2D eigenvalue weighted by molar-refractivity contribution is -0.157. The summed E-state index contributed by atoms with van der Waals surface area (Å²) in [4.78, 5) is 26.6. The van der Waals surface area contributed by atoms with Gasteiger partial charge in [-0.2, -0.15) is 0 Å². The van der Waals surface area contributed by atoms with E-state index in [2.05, 4.69) is 9.26 Å². The molecule has 1 atom stereocenters. The quantitative estimate of drug-likeness (QED) is 0.524. The van der Waals surface area contributed by atoms with Gasteiger partial charge < -0.3 is 14.5 Å². The Morgan fingerprint density at radius 2 is 2.00 bits per heavy atom. The molecule has 84 valence electrons. The van der Waals surface area contributed by atoms with E-state index >= 15 is 0 Å². The van der Waals surface area contributed by atoms with Crippen molar-refractivity contribution in [3.05, 3.63) is 0 Å². The summed E-state index contributed by atoms with van der Waals surface area (Å²) in [6.45, 7) is -0.158. The molecule has 6 nitrogen and oxygen atoms in total. The first-order valence-electron chi connectivity index (χ1n) is 3.38. The van der Waals surface area contributed by atoms with Crippen molar-refractivity contribution < 1.29 is 37.2 Å². The van der Waals surface area contributed by atoms with E-state index in [1.165, 1.54) is 0 Å². The smallest absolute Gasteiger partial charge is 0.454 e. The van der Waals surface area contributed by atoms with Crippen LogP contribution in [0.2, 0.25) is 0 Å². The average molecular weight is 234 g/mol. The Bertz CT molecular complexity index is 238. The number of carbonyl (C=O) groups excluding carboxylic acids is 1. The molecule has 0 aliphatic carbocycles. The summed E-state index contributed by atoms with van der Waals surface area (Å²) in [5, 5.41) is 0. The van der Waals surface area contributed by atoms with Crippen LogP contribution in [0.25, 0.3) is 0 Å². The Hall–Kier alpha value is -0.560. The van der Waals surface area contributed by atoms with E-state index in [0.29, 0.717) is 0 Å². The molecular formula is C5H9F2O6P. The van der Waals surface area contributed by atoms with Crippen LogP contribution in [0.3, 0.4) is 0 Å². The molecule has 0 aromatic heterocycles. The fourth-order valence-corrected chi connectivity index (χ4v) is 0.883. The molecule has 0 saturated carbocycles. The molecule has 0 unspecified atom stereocenters. The van der Waals surface area contributed by atoms with E-state index in [1.54, 1.807) is 0 Å². The van der Waals surface area contributed by atoms with Crippen molar-refractivity contribution in [2.75, 3.05) is 6.61 Å². The van der Waals surface area contributed by atoms with Crippen LogP contribution in [0.1, 0.15) is 6.92 Å². The molecule has 0 aromatic rings. The number of phosphoric acid groups is 1. The molecule has 9 heteroatoms. The molecule has 0 spiro atoms. The number of ether oxygens (including phenoxy) is 1. The number of hydrogen-bond donors (Lipinski definition) is 2. The van der Waals surface area contributed by atoms with Gasteiger partial charge in [-0.1, -0.05) is 0 Å². The lowest BCUT2D eigenvalue weighted by Gasteiger charge is -2.15. The van der Waals surface area contributed by atoms with E-state index in [1.807, 2.05) is 0 Å². The fourth-order valence-electron chi connectivity index (χ4n) is 0.542. The summed E-state index contributed by atoms with van der Waals surface area (Å²) in [6.07, 6.45) is -5.04. The lowest BCUT2D eigenvalue weighted by Crippen LogP contribution is -2.29. The zero-order chi connectivity index (χ0) is 11.4. The molecule has 0 fully saturated rings. The number of alkyl halides is 2. The summed E-state index contributed by atoms with van der Waals surface area (Å²) in [5.74, 6) is -0.982. The zero-order valence-corrected chi connectivity index (χ0v) is 7.99. The molecule has 0 radical (unpaired) electrons. The van der Waals surface area contributed by atoms with Gasteiger partial charge in [0.2, 0.25) is 0 Å². The third-order valence-corrected chi connectivity index (χ3v) is 1.49. The van der Waals surface area contributed by atoms with Crippen LogP contribution >= 0.6 is 7.82 Å². The monoisotopic (exact) mass is 234 g/mol. The molecular weight excluding hydrogens is 225 g/mol. The molecule has 0 aromatic carbocycles. The Morgan fingerprint density at radius 1 is 1.50 bits per heavy atom. The molecule has 0 saturated heterocycles.